The van der Waals surface area contributed by atoms with Gasteiger partial charge in [-0.05, 0) is 49.8 Å². The molecule has 1 aliphatic carbocycles. The largest absolute Gasteiger partial charge is 0.380 e. The van der Waals surface area contributed by atoms with Gasteiger partial charge in [0, 0.05) is 6.61 Å². The van der Waals surface area contributed by atoms with Crippen molar-refractivity contribution in [3.8, 4) is 0 Å². The predicted octanol–water partition coefficient (Wildman–Crippen LogP) is 4.03. The molecule has 0 aliphatic heterocycles. The van der Waals surface area contributed by atoms with Crippen molar-refractivity contribution >= 4 is 0 Å². The number of benzene rings is 1. The first kappa shape index (κ1) is 14.5. The second-order valence-corrected chi connectivity index (χ2v) is 5.46. The minimum absolute atomic E-state index is 0.329. The lowest BCUT2D eigenvalue weighted by Gasteiger charge is -2.26. The highest BCUT2D eigenvalue weighted by Crippen LogP contribution is 2.36. The zero-order valence-corrected chi connectivity index (χ0v) is 12.3. The van der Waals surface area contributed by atoms with Crippen molar-refractivity contribution in [1.82, 2.24) is 5.32 Å². The summed E-state index contributed by atoms with van der Waals surface area (Å²) in [6, 6.07) is 9.51. The number of rotatable bonds is 8. The van der Waals surface area contributed by atoms with Gasteiger partial charge in [-0.25, -0.2) is 0 Å². The van der Waals surface area contributed by atoms with Crippen molar-refractivity contribution in [1.29, 1.82) is 0 Å². The molecule has 0 amide bonds. The zero-order valence-electron chi connectivity index (χ0n) is 12.3. The fraction of sp³-hybridized carbons (Fsp3) is 0.647. The van der Waals surface area contributed by atoms with Crippen molar-refractivity contribution < 1.29 is 4.74 Å². The van der Waals surface area contributed by atoms with Crippen molar-refractivity contribution in [2.45, 2.75) is 51.5 Å². The van der Waals surface area contributed by atoms with E-state index in [1.54, 1.807) is 0 Å². The molecule has 2 heteroatoms. The Morgan fingerprint density at radius 2 is 1.95 bits per heavy atom. The summed E-state index contributed by atoms with van der Waals surface area (Å²) in [6.07, 6.45) is 5.30. The standard InChI is InChI=1S/C17H27NO/c1-3-12-18-17(13-19-4-2)16-10-8-15(9-11-16)14-6-5-7-14/h8-11,14,17-18H,3-7,12-13H2,1-2H3. The minimum atomic E-state index is 0.329. The van der Waals surface area contributed by atoms with Gasteiger partial charge in [0.05, 0.1) is 12.6 Å². The van der Waals surface area contributed by atoms with Gasteiger partial charge in [-0.3, -0.25) is 0 Å². The smallest absolute Gasteiger partial charge is 0.0661 e. The third-order valence-electron chi connectivity index (χ3n) is 4.04. The molecule has 0 saturated heterocycles. The zero-order chi connectivity index (χ0) is 13.5. The first-order valence-electron chi connectivity index (χ1n) is 7.76. The molecule has 2 rings (SSSR count). The van der Waals surface area contributed by atoms with E-state index in [9.17, 15) is 0 Å². The highest BCUT2D eigenvalue weighted by molar-refractivity contribution is 5.28. The Kier molecular flexibility index (Phi) is 5.87. The first-order valence-corrected chi connectivity index (χ1v) is 7.76. The maximum atomic E-state index is 5.59. The lowest BCUT2D eigenvalue weighted by Crippen LogP contribution is -2.26. The summed E-state index contributed by atoms with van der Waals surface area (Å²) < 4.78 is 5.59. The van der Waals surface area contributed by atoms with E-state index < -0.39 is 0 Å². The van der Waals surface area contributed by atoms with Crippen LogP contribution in [0.25, 0.3) is 0 Å². The van der Waals surface area contributed by atoms with Crippen LogP contribution in [0.3, 0.4) is 0 Å². The van der Waals surface area contributed by atoms with E-state index in [2.05, 4.69) is 43.4 Å². The molecule has 1 aromatic rings. The number of hydrogen-bond donors (Lipinski definition) is 1. The van der Waals surface area contributed by atoms with Crippen molar-refractivity contribution in [2.24, 2.45) is 0 Å². The summed E-state index contributed by atoms with van der Waals surface area (Å²) in [5.74, 6) is 0.822. The van der Waals surface area contributed by atoms with Gasteiger partial charge in [0.1, 0.15) is 0 Å². The van der Waals surface area contributed by atoms with Gasteiger partial charge in [0.15, 0.2) is 0 Å². The molecule has 1 atom stereocenters. The lowest BCUT2D eigenvalue weighted by molar-refractivity contribution is 0.123. The normalized spacial score (nSPS) is 17.2. The Morgan fingerprint density at radius 3 is 2.47 bits per heavy atom. The summed E-state index contributed by atoms with van der Waals surface area (Å²) in [5, 5.41) is 3.57. The molecule has 106 valence electrons. The monoisotopic (exact) mass is 261 g/mol. The Morgan fingerprint density at radius 1 is 1.21 bits per heavy atom. The minimum Gasteiger partial charge on any atom is -0.380 e. The molecule has 1 aliphatic rings. The van der Waals surface area contributed by atoms with E-state index in [4.69, 9.17) is 4.74 Å². The van der Waals surface area contributed by atoms with E-state index in [1.807, 2.05) is 0 Å². The van der Waals surface area contributed by atoms with Crippen LogP contribution in [0.2, 0.25) is 0 Å². The fourth-order valence-electron chi connectivity index (χ4n) is 2.57. The summed E-state index contributed by atoms with van der Waals surface area (Å²) in [7, 11) is 0. The number of hydrogen-bond acceptors (Lipinski definition) is 2. The SMILES string of the molecule is CCCNC(COCC)c1ccc(C2CCC2)cc1. The van der Waals surface area contributed by atoms with E-state index in [0.29, 0.717) is 6.04 Å². The lowest BCUT2D eigenvalue weighted by atomic mass is 9.80. The Balaban J connectivity index is 1.98. The van der Waals surface area contributed by atoms with Gasteiger partial charge in [0.2, 0.25) is 0 Å². The van der Waals surface area contributed by atoms with E-state index in [-0.39, 0.29) is 0 Å². The molecular formula is C17H27NO. The maximum Gasteiger partial charge on any atom is 0.0661 e. The fourth-order valence-corrected chi connectivity index (χ4v) is 2.57. The predicted molar refractivity (Wildman–Crippen MR) is 80.6 cm³/mol. The average Bonchev–Trinajstić information content (AvgIpc) is 2.38. The van der Waals surface area contributed by atoms with Crippen molar-refractivity contribution in [3.05, 3.63) is 35.4 Å². The molecule has 0 spiro atoms. The Labute approximate surface area is 117 Å². The molecule has 2 nitrogen and oxygen atoms in total. The summed E-state index contributed by atoms with van der Waals surface area (Å²) in [4.78, 5) is 0. The van der Waals surface area contributed by atoms with Crippen LogP contribution in [-0.2, 0) is 4.74 Å². The van der Waals surface area contributed by atoms with E-state index >= 15 is 0 Å². The van der Waals surface area contributed by atoms with Gasteiger partial charge in [-0.2, -0.15) is 0 Å². The molecule has 1 saturated carbocycles. The van der Waals surface area contributed by atoms with Crippen LogP contribution in [0.4, 0.5) is 0 Å². The highest BCUT2D eigenvalue weighted by Gasteiger charge is 2.19. The molecule has 0 aromatic heterocycles. The molecular weight excluding hydrogens is 234 g/mol. The summed E-state index contributed by atoms with van der Waals surface area (Å²) in [5.41, 5.74) is 2.87. The van der Waals surface area contributed by atoms with E-state index in [0.717, 1.165) is 32.1 Å². The Hall–Kier alpha value is -0.860. The highest BCUT2D eigenvalue weighted by atomic mass is 16.5. The van der Waals surface area contributed by atoms with Crippen LogP contribution in [0, 0.1) is 0 Å². The van der Waals surface area contributed by atoms with Crippen LogP contribution in [0.1, 0.15) is 62.6 Å². The van der Waals surface area contributed by atoms with Crippen LogP contribution in [-0.4, -0.2) is 19.8 Å². The van der Waals surface area contributed by atoms with Gasteiger partial charge in [-0.15, -0.1) is 0 Å². The van der Waals surface area contributed by atoms with Gasteiger partial charge >= 0.3 is 0 Å². The number of ether oxygens (including phenoxy) is 1. The molecule has 1 unspecified atom stereocenters. The second-order valence-electron chi connectivity index (χ2n) is 5.46. The molecule has 0 bridgehead atoms. The summed E-state index contributed by atoms with van der Waals surface area (Å²) >= 11 is 0. The van der Waals surface area contributed by atoms with Crippen molar-refractivity contribution in [3.63, 3.8) is 0 Å². The van der Waals surface area contributed by atoms with Gasteiger partial charge in [0.25, 0.3) is 0 Å². The molecule has 0 heterocycles. The third kappa shape index (κ3) is 4.05. The number of nitrogens with one attached hydrogen (secondary N) is 1. The third-order valence-corrected chi connectivity index (χ3v) is 4.04. The van der Waals surface area contributed by atoms with Crippen LogP contribution >= 0.6 is 0 Å². The van der Waals surface area contributed by atoms with Crippen LogP contribution in [0.5, 0.6) is 0 Å². The summed E-state index contributed by atoms with van der Waals surface area (Å²) in [6.45, 7) is 6.84. The second kappa shape index (κ2) is 7.66. The quantitative estimate of drug-likeness (QED) is 0.763. The topological polar surface area (TPSA) is 21.3 Å². The van der Waals surface area contributed by atoms with Crippen molar-refractivity contribution in [2.75, 3.05) is 19.8 Å². The van der Waals surface area contributed by atoms with E-state index in [1.165, 1.54) is 30.4 Å². The van der Waals surface area contributed by atoms with Crippen LogP contribution in [0.15, 0.2) is 24.3 Å². The Bertz CT molecular complexity index is 348. The molecule has 1 aromatic carbocycles. The maximum absolute atomic E-state index is 5.59. The first-order chi connectivity index (χ1) is 9.35. The molecule has 19 heavy (non-hydrogen) atoms. The van der Waals surface area contributed by atoms with Gasteiger partial charge < -0.3 is 10.1 Å². The van der Waals surface area contributed by atoms with Gasteiger partial charge in [-0.1, -0.05) is 37.6 Å². The van der Waals surface area contributed by atoms with Crippen LogP contribution < -0.4 is 5.32 Å². The molecule has 1 fully saturated rings. The average molecular weight is 261 g/mol. The molecule has 1 N–H and O–H groups in total. The molecule has 0 radical (unpaired) electrons.